The molecule has 8 nitrogen and oxygen atoms in total. The lowest BCUT2D eigenvalue weighted by atomic mass is 9.88. The lowest BCUT2D eigenvalue weighted by Crippen LogP contribution is -2.65. The number of ether oxygens (including phenoxy) is 2. The van der Waals surface area contributed by atoms with Crippen LogP contribution in [0.5, 0.6) is 0 Å². The van der Waals surface area contributed by atoms with Crippen molar-refractivity contribution in [1.82, 2.24) is 10.6 Å². The Morgan fingerprint density at radius 3 is 2.61 bits per heavy atom. The van der Waals surface area contributed by atoms with Gasteiger partial charge in [-0.2, -0.15) is 0 Å². The van der Waals surface area contributed by atoms with Crippen LogP contribution in [0.15, 0.2) is 0 Å². The highest BCUT2D eigenvalue weighted by atomic mass is 32.2. The minimum atomic E-state index is -1.33. The summed E-state index contributed by atoms with van der Waals surface area (Å²) in [7, 11) is 0. The van der Waals surface area contributed by atoms with Crippen LogP contribution in [0.2, 0.25) is 0 Å². The van der Waals surface area contributed by atoms with Gasteiger partial charge in [0.25, 0.3) is 0 Å². The van der Waals surface area contributed by atoms with Crippen LogP contribution in [0, 0.1) is 11.8 Å². The molecule has 0 aromatic carbocycles. The number of amides is 1. The molecule has 3 heterocycles. The van der Waals surface area contributed by atoms with Crippen molar-refractivity contribution in [2.45, 2.75) is 81.1 Å². The molecule has 3 aliphatic rings. The van der Waals surface area contributed by atoms with Crippen molar-refractivity contribution in [3.8, 4) is 0 Å². The molecule has 1 amide bonds. The van der Waals surface area contributed by atoms with Gasteiger partial charge in [-0.3, -0.25) is 4.79 Å². The molecule has 9 heteroatoms. The maximum absolute atomic E-state index is 13.1. The maximum Gasteiger partial charge on any atom is 0.240 e. The molecule has 0 bridgehead atoms. The second-order valence-corrected chi connectivity index (χ2v) is 9.37. The third-order valence-corrected chi connectivity index (χ3v) is 7.03. The molecule has 0 saturated carbocycles. The first kappa shape index (κ1) is 22.3. The highest BCUT2D eigenvalue weighted by Crippen LogP contribution is 2.31. The molecule has 9 atom stereocenters. The van der Waals surface area contributed by atoms with Gasteiger partial charge in [0, 0.05) is 13.2 Å². The van der Waals surface area contributed by atoms with E-state index in [9.17, 15) is 20.1 Å². The van der Waals surface area contributed by atoms with Crippen molar-refractivity contribution in [2.75, 3.05) is 19.4 Å². The van der Waals surface area contributed by atoms with Crippen molar-refractivity contribution in [1.29, 1.82) is 0 Å². The summed E-state index contributed by atoms with van der Waals surface area (Å²) in [6, 6.07) is -0.942. The van der Waals surface area contributed by atoms with Gasteiger partial charge in [0.05, 0.1) is 12.1 Å². The summed E-state index contributed by atoms with van der Waals surface area (Å²) in [5.41, 5.74) is -0.666. The predicted molar refractivity (Wildman–Crippen MR) is 106 cm³/mol. The topological polar surface area (TPSA) is 120 Å². The number of aliphatic hydroxyl groups excluding tert-OH is 3. The molecule has 0 aromatic rings. The number of hydrogen-bond acceptors (Lipinski definition) is 8. The van der Waals surface area contributed by atoms with E-state index < -0.39 is 41.9 Å². The van der Waals surface area contributed by atoms with E-state index in [-0.39, 0.29) is 17.9 Å². The van der Waals surface area contributed by atoms with Crippen molar-refractivity contribution in [3.05, 3.63) is 0 Å². The molecule has 3 saturated heterocycles. The van der Waals surface area contributed by atoms with Crippen LogP contribution >= 0.6 is 11.8 Å². The number of fused-ring (bicyclic) bond motifs is 1. The van der Waals surface area contributed by atoms with Crippen molar-refractivity contribution in [2.24, 2.45) is 11.8 Å². The zero-order valence-electron chi connectivity index (χ0n) is 16.8. The largest absolute Gasteiger partial charge is 0.388 e. The summed E-state index contributed by atoms with van der Waals surface area (Å²) >= 11 is 1.27. The SMILES string of the molecule is CSC1O[C@H]([C@H](NC(=O)[C@H]2NC[C@@H]3CCCCO[C@@H]32)C(C)C)C(O)C(O)[C@H]1O. The van der Waals surface area contributed by atoms with E-state index in [1.165, 1.54) is 11.8 Å². The lowest BCUT2D eigenvalue weighted by molar-refractivity contribution is -0.208. The first-order valence-electron chi connectivity index (χ1n) is 10.2. The Balaban J connectivity index is 1.71. The Bertz CT molecular complexity index is 537. The number of aliphatic hydroxyl groups is 3. The van der Waals surface area contributed by atoms with Gasteiger partial charge in [-0.25, -0.2) is 0 Å². The first-order valence-corrected chi connectivity index (χ1v) is 11.5. The zero-order chi connectivity index (χ0) is 20.4. The van der Waals surface area contributed by atoms with Gasteiger partial charge in [-0.05, 0) is 30.9 Å². The smallest absolute Gasteiger partial charge is 0.240 e. The highest BCUT2D eigenvalue weighted by molar-refractivity contribution is 7.99. The van der Waals surface area contributed by atoms with Gasteiger partial charge < -0.3 is 35.4 Å². The standard InChI is InChI=1S/C19H34N2O6S/c1-9(2)11(17-14(23)13(22)15(24)19(27-17)28-3)21-18(25)12-16-10(8-20-12)6-4-5-7-26-16/h9-17,19-20,22-24H,4-8H2,1-3H3,(H,21,25)/t10-,11+,12-,13?,14?,15+,16-,17+,19?/m0/s1. The normalized spacial score (nSPS) is 42.7. The van der Waals surface area contributed by atoms with E-state index in [0.717, 1.165) is 25.8 Å². The van der Waals surface area contributed by atoms with Gasteiger partial charge >= 0.3 is 0 Å². The quantitative estimate of drug-likeness (QED) is 0.404. The zero-order valence-corrected chi connectivity index (χ0v) is 17.6. The summed E-state index contributed by atoms with van der Waals surface area (Å²) < 4.78 is 11.8. The molecule has 5 N–H and O–H groups in total. The third-order valence-electron chi connectivity index (χ3n) is 6.18. The summed E-state index contributed by atoms with van der Waals surface area (Å²) in [6.45, 7) is 5.29. The third kappa shape index (κ3) is 4.50. The molecule has 3 fully saturated rings. The summed E-state index contributed by atoms with van der Waals surface area (Å²) in [5, 5.41) is 37.1. The first-order chi connectivity index (χ1) is 13.3. The molecule has 3 unspecified atom stereocenters. The Kier molecular flexibility index (Phi) is 7.63. The average molecular weight is 419 g/mol. The second kappa shape index (κ2) is 9.59. The minimum Gasteiger partial charge on any atom is -0.388 e. The molecular weight excluding hydrogens is 384 g/mol. The molecule has 0 aromatic heterocycles. The number of hydrogen-bond donors (Lipinski definition) is 5. The van der Waals surface area contributed by atoms with Crippen LogP contribution in [0.25, 0.3) is 0 Å². The van der Waals surface area contributed by atoms with Crippen LogP contribution < -0.4 is 10.6 Å². The van der Waals surface area contributed by atoms with E-state index in [0.29, 0.717) is 12.5 Å². The van der Waals surface area contributed by atoms with Gasteiger partial charge in [-0.15, -0.1) is 11.8 Å². The van der Waals surface area contributed by atoms with Gasteiger partial charge in [0.1, 0.15) is 35.9 Å². The lowest BCUT2D eigenvalue weighted by Gasteiger charge is -2.44. The van der Waals surface area contributed by atoms with E-state index in [1.54, 1.807) is 6.26 Å². The molecule has 3 rings (SSSR count). The number of nitrogens with one attached hydrogen (secondary N) is 2. The number of carbonyl (C=O) groups is 1. The van der Waals surface area contributed by atoms with Crippen molar-refractivity contribution in [3.63, 3.8) is 0 Å². The van der Waals surface area contributed by atoms with Crippen LogP contribution in [0.3, 0.4) is 0 Å². The van der Waals surface area contributed by atoms with Gasteiger partial charge in [0.2, 0.25) is 5.91 Å². The van der Waals surface area contributed by atoms with Crippen molar-refractivity contribution < 1.29 is 29.6 Å². The average Bonchev–Trinajstić information content (AvgIpc) is 2.93. The Morgan fingerprint density at radius 1 is 1.18 bits per heavy atom. The van der Waals surface area contributed by atoms with Crippen LogP contribution in [-0.2, 0) is 14.3 Å². The van der Waals surface area contributed by atoms with Crippen LogP contribution in [-0.4, -0.2) is 88.7 Å². The molecule has 3 aliphatic heterocycles. The number of thioether (sulfide) groups is 1. The molecule has 0 radical (unpaired) electrons. The summed E-state index contributed by atoms with van der Waals surface area (Å²) in [5.74, 6) is 0.121. The van der Waals surface area contributed by atoms with E-state index in [2.05, 4.69) is 10.6 Å². The monoisotopic (exact) mass is 418 g/mol. The fourth-order valence-corrected chi connectivity index (χ4v) is 5.18. The number of rotatable bonds is 5. The Hall–Kier alpha value is -0.420. The number of carbonyl (C=O) groups excluding carboxylic acids is 1. The predicted octanol–water partition coefficient (Wildman–Crippen LogP) is -0.545. The Labute approximate surface area is 170 Å². The highest BCUT2D eigenvalue weighted by Gasteiger charge is 2.48. The Morgan fingerprint density at radius 2 is 1.93 bits per heavy atom. The summed E-state index contributed by atoms with van der Waals surface area (Å²) in [4.78, 5) is 13.1. The van der Waals surface area contributed by atoms with Gasteiger partial charge in [0.15, 0.2) is 0 Å². The van der Waals surface area contributed by atoms with Gasteiger partial charge in [-0.1, -0.05) is 20.3 Å². The molecule has 0 aliphatic carbocycles. The fourth-order valence-electron chi connectivity index (χ4n) is 4.50. The van der Waals surface area contributed by atoms with E-state index in [4.69, 9.17) is 9.47 Å². The second-order valence-electron chi connectivity index (χ2n) is 8.43. The fraction of sp³-hybridized carbons (Fsp3) is 0.947. The molecule has 0 spiro atoms. The van der Waals surface area contributed by atoms with Crippen LogP contribution in [0.1, 0.15) is 33.1 Å². The maximum atomic E-state index is 13.1. The molecule has 162 valence electrons. The molecule has 28 heavy (non-hydrogen) atoms. The molecular formula is C19H34N2O6S. The van der Waals surface area contributed by atoms with E-state index in [1.807, 2.05) is 13.8 Å². The van der Waals surface area contributed by atoms with Crippen LogP contribution in [0.4, 0.5) is 0 Å². The van der Waals surface area contributed by atoms with E-state index >= 15 is 0 Å². The summed E-state index contributed by atoms with van der Waals surface area (Å²) in [6.07, 6.45) is 0.215. The van der Waals surface area contributed by atoms with Crippen molar-refractivity contribution >= 4 is 17.7 Å². The minimum absolute atomic E-state index is 0.0409.